The molecule has 4 heteroatoms. The van der Waals surface area contributed by atoms with Crippen molar-refractivity contribution in [3.05, 3.63) is 20.8 Å². The molecule has 0 aliphatic heterocycles. The van der Waals surface area contributed by atoms with Crippen molar-refractivity contribution in [2.45, 2.75) is 18.2 Å². The smallest absolute Gasteiger partial charge is 0.0701 e. The fraction of sp³-hybridized carbons (Fsp3) is 0.500. The van der Waals surface area contributed by atoms with Crippen LogP contribution in [0.5, 0.6) is 0 Å². The van der Waals surface area contributed by atoms with Crippen LogP contribution in [0.15, 0.2) is 15.9 Å². The van der Waals surface area contributed by atoms with Crippen molar-refractivity contribution in [3.8, 4) is 0 Å². The molecule has 0 bridgehead atoms. The molecule has 1 nitrogen and oxygen atoms in total. The minimum atomic E-state index is 0.213. The highest BCUT2D eigenvalue weighted by molar-refractivity contribution is 9.11. The second-order valence-electron chi connectivity index (χ2n) is 2.66. The molecule has 68 valence electrons. The summed E-state index contributed by atoms with van der Waals surface area (Å²) >= 11 is 7.02. The molecule has 2 unspecified atom stereocenters. The van der Waals surface area contributed by atoms with Crippen molar-refractivity contribution in [3.63, 3.8) is 0 Å². The van der Waals surface area contributed by atoms with Gasteiger partial charge in [-0.1, -0.05) is 0 Å². The van der Waals surface area contributed by atoms with Crippen molar-refractivity contribution < 1.29 is 0 Å². The van der Waals surface area contributed by atoms with Crippen LogP contribution in [0, 0.1) is 0 Å². The molecule has 0 saturated heterocycles. The number of thiophene rings is 1. The minimum Gasteiger partial charge on any atom is -0.327 e. The SMILES string of the molecule is CSC(c1ccc(Br)s1)C(C)N. The van der Waals surface area contributed by atoms with E-state index in [0.717, 1.165) is 0 Å². The summed E-state index contributed by atoms with van der Waals surface area (Å²) in [6.45, 7) is 2.05. The number of hydrogen-bond acceptors (Lipinski definition) is 3. The average Bonchev–Trinajstić information content (AvgIpc) is 2.37. The van der Waals surface area contributed by atoms with Crippen molar-refractivity contribution >= 4 is 39.0 Å². The molecule has 0 spiro atoms. The molecule has 1 aromatic rings. The largest absolute Gasteiger partial charge is 0.327 e. The molecule has 1 aromatic heterocycles. The van der Waals surface area contributed by atoms with Crippen LogP contribution in [0.4, 0.5) is 0 Å². The summed E-state index contributed by atoms with van der Waals surface area (Å²) in [5.74, 6) is 0. The topological polar surface area (TPSA) is 26.0 Å². The van der Waals surface area contributed by atoms with Gasteiger partial charge in [-0.25, -0.2) is 0 Å². The minimum absolute atomic E-state index is 0.213. The maximum absolute atomic E-state index is 5.86. The van der Waals surface area contributed by atoms with Gasteiger partial charge in [-0.3, -0.25) is 0 Å². The maximum atomic E-state index is 5.86. The summed E-state index contributed by atoms with van der Waals surface area (Å²) in [4.78, 5) is 1.35. The first-order valence-electron chi connectivity index (χ1n) is 3.68. The first-order chi connectivity index (χ1) is 5.65. The van der Waals surface area contributed by atoms with Crippen molar-refractivity contribution in [1.82, 2.24) is 0 Å². The molecule has 1 rings (SSSR count). The van der Waals surface area contributed by atoms with E-state index in [4.69, 9.17) is 5.73 Å². The van der Waals surface area contributed by atoms with Gasteiger partial charge in [0, 0.05) is 10.9 Å². The van der Waals surface area contributed by atoms with Gasteiger partial charge in [0.2, 0.25) is 0 Å². The third-order valence-corrected chi connectivity index (χ3v) is 4.65. The summed E-state index contributed by atoms with van der Waals surface area (Å²) in [7, 11) is 0. The molecule has 0 aliphatic rings. The molecule has 1 heterocycles. The van der Waals surface area contributed by atoms with E-state index in [0.29, 0.717) is 5.25 Å². The third kappa shape index (κ3) is 2.49. The van der Waals surface area contributed by atoms with Crippen LogP contribution in [0.3, 0.4) is 0 Å². The van der Waals surface area contributed by atoms with Crippen molar-refractivity contribution in [2.24, 2.45) is 5.73 Å². The normalized spacial score (nSPS) is 16.0. The summed E-state index contributed by atoms with van der Waals surface area (Å²) in [6, 6.07) is 4.43. The van der Waals surface area contributed by atoms with Crippen LogP contribution < -0.4 is 5.73 Å². The predicted molar refractivity (Wildman–Crippen MR) is 61.9 cm³/mol. The zero-order valence-corrected chi connectivity index (χ0v) is 10.3. The molecule has 0 aromatic carbocycles. The molecule has 0 amide bonds. The Labute approximate surface area is 89.9 Å². The van der Waals surface area contributed by atoms with Crippen molar-refractivity contribution in [1.29, 1.82) is 0 Å². The van der Waals surface area contributed by atoms with Gasteiger partial charge >= 0.3 is 0 Å². The van der Waals surface area contributed by atoms with Crippen molar-refractivity contribution in [2.75, 3.05) is 6.26 Å². The Balaban J connectivity index is 2.80. The molecule has 0 saturated carbocycles. The van der Waals surface area contributed by atoms with Gasteiger partial charge < -0.3 is 5.73 Å². The lowest BCUT2D eigenvalue weighted by atomic mass is 10.2. The highest BCUT2D eigenvalue weighted by atomic mass is 79.9. The van der Waals surface area contributed by atoms with E-state index in [9.17, 15) is 0 Å². The highest BCUT2D eigenvalue weighted by Crippen LogP contribution is 2.35. The molecular formula is C8H12BrNS2. The van der Waals surface area contributed by atoms with Gasteiger partial charge in [-0.05, 0) is 41.2 Å². The van der Waals surface area contributed by atoms with Gasteiger partial charge in [-0.2, -0.15) is 11.8 Å². The number of halogens is 1. The second-order valence-corrected chi connectivity index (χ2v) is 6.13. The van der Waals surface area contributed by atoms with E-state index in [1.54, 1.807) is 11.3 Å². The Bertz CT molecular complexity index is 247. The molecule has 2 atom stereocenters. The van der Waals surface area contributed by atoms with E-state index in [2.05, 4.69) is 41.2 Å². The molecule has 2 N–H and O–H groups in total. The summed E-state index contributed by atoms with van der Waals surface area (Å²) in [5.41, 5.74) is 5.86. The van der Waals surface area contributed by atoms with Crippen LogP contribution in [0.2, 0.25) is 0 Å². The fourth-order valence-electron chi connectivity index (χ4n) is 1.07. The lowest BCUT2D eigenvalue weighted by Crippen LogP contribution is -2.21. The standard InChI is InChI=1S/C8H12BrNS2/c1-5(10)8(11-2)6-3-4-7(9)12-6/h3-5,8H,10H2,1-2H3. The number of thioether (sulfide) groups is 1. The summed E-state index contributed by atoms with van der Waals surface area (Å²) in [6.07, 6.45) is 2.10. The molecule has 0 fully saturated rings. The van der Waals surface area contributed by atoms with Crippen LogP contribution in [0.25, 0.3) is 0 Å². The second kappa shape index (κ2) is 4.65. The van der Waals surface area contributed by atoms with E-state index < -0.39 is 0 Å². The van der Waals surface area contributed by atoms with Gasteiger partial charge in [-0.15, -0.1) is 11.3 Å². The summed E-state index contributed by atoms with van der Waals surface area (Å²) < 4.78 is 1.18. The van der Waals surface area contributed by atoms with E-state index in [1.165, 1.54) is 8.66 Å². The number of rotatable bonds is 3. The van der Waals surface area contributed by atoms with Crippen LogP contribution in [-0.2, 0) is 0 Å². The van der Waals surface area contributed by atoms with E-state index in [1.807, 2.05) is 11.8 Å². The Morgan fingerprint density at radius 2 is 2.25 bits per heavy atom. The van der Waals surface area contributed by atoms with Gasteiger partial charge in [0.15, 0.2) is 0 Å². The van der Waals surface area contributed by atoms with E-state index >= 15 is 0 Å². The first kappa shape index (κ1) is 10.6. The van der Waals surface area contributed by atoms with Gasteiger partial charge in [0.05, 0.1) is 9.04 Å². The quantitative estimate of drug-likeness (QED) is 0.908. The Hall–Kier alpha value is 0.490. The van der Waals surface area contributed by atoms with Gasteiger partial charge in [0.1, 0.15) is 0 Å². The Morgan fingerprint density at radius 3 is 2.58 bits per heavy atom. The van der Waals surface area contributed by atoms with Crippen LogP contribution in [-0.4, -0.2) is 12.3 Å². The number of nitrogens with two attached hydrogens (primary N) is 1. The Kier molecular flexibility index (Phi) is 4.10. The summed E-state index contributed by atoms with van der Waals surface area (Å²) in [5, 5.41) is 0.432. The van der Waals surface area contributed by atoms with Crippen LogP contribution in [0.1, 0.15) is 17.1 Å². The monoisotopic (exact) mass is 265 g/mol. The lowest BCUT2D eigenvalue weighted by Gasteiger charge is -2.16. The lowest BCUT2D eigenvalue weighted by molar-refractivity contribution is 0.731. The first-order valence-corrected chi connectivity index (χ1v) is 6.58. The zero-order chi connectivity index (χ0) is 9.14. The molecule has 12 heavy (non-hydrogen) atoms. The zero-order valence-electron chi connectivity index (χ0n) is 7.08. The van der Waals surface area contributed by atoms with Crippen LogP contribution >= 0.6 is 39.0 Å². The average molecular weight is 266 g/mol. The predicted octanol–water partition coefficient (Wildman–Crippen LogP) is 3.26. The fourth-order valence-corrected chi connectivity index (χ4v) is 3.77. The Morgan fingerprint density at radius 1 is 1.58 bits per heavy atom. The molecule has 0 radical (unpaired) electrons. The highest BCUT2D eigenvalue weighted by Gasteiger charge is 2.16. The van der Waals surface area contributed by atoms with E-state index in [-0.39, 0.29) is 6.04 Å². The molecule has 0 aliphatic carbocycles. The van der Waals surface area contributed by atoms with Gasteiger partial charge in [0.25, 0.3) is 0 Å². The number of hydrogen-bond donors (Lipinski definition) is 1. The third-order valence-electron chi connectivity index (χ3n) is 1.61. The molecular weight excluding hydrogens is 254 g/mol. The maximum Gasteiger partial charge on any atom is 0.0701 e.